The van der Waals surface area contributed by atoms with Gasteiger partial charge in [0.05, 0.1) is 17.5 Å². The van der Waals surface area contributed by atoms with Crippen LogP contribution in [0, 0.1) is 6.92 Å². The third kappa shape index (κ3) is 3.71. The highest BCUT2D eigenvalue weighted by Gasteiger charge is 2.47. The van der Waals surface area contributed by atoms with Gasteiger partial charge in [-0.1, -0.05) is 19.9 Å². The van der Waals surface area contributed by atoms with E-state index in [0.29, 0.717) is 35.8 Å². The first-order valence-electron chi connectivity index (χ1n) is 11.0. The number of ketones is 1. The van der Waals surface area contributed by atoms with Crippen LogP contribution in [0.5, 0.6) is 0 Å². The Bertz CT molecular complexity index is 1160. The second kappa shape index (κ2) is 9.00. The molecule has 168 valence electrons. The van der Waals surface area contributed by atoms with Crippen LogP contribution < -0.4 is 0 Å². The molecule has 1 amide bonds. The summed E-state index contributed by atoms with van der Waals surface area (Å²) in [5.41, 5.74) is 1.65. The molecule has 4 heterocycles. The molecule has 0 radical (unpaired) electrons. The van der Waals surface area contributed by atoms with Gasteiger partial charge in [0.25, 0.3) is 11.7 Å². The van der Waals surface area contributed by atoms with Crippen molar-refractivity contribution in [1.82, 2.24) is 19.2 Å². The highest BCUT2D eigenvalue weighted by atomic mass is 16.3. The van der Waals surface area contributed by atoms with Crippen molar-refractivity contribution in [3.63, 3.8) is 0 Å². The fourth-order valence-corrected chi connectivity index (χ4v) is 4.38. The van der Waals surface area contributed by atoms with Crippen molar-refractivity contribution in [2.24, 2.45) is 0 Å². The summed E-state index contributed by atoms with van der Waals surface area (Å²) >= 11 is 0. The van der Waals surface area contributed by atoms with E-state index >= 15 is 0 Å². The van der Waals surface area contributed by atoms with Gasteiger partial charge in [0.1, 0.15) is 23.1 Å². The Morgan fingerprint density at radius 1 is 1.19 bits per heavy atom. The largest absolute Gasteiger partial charge is 0.505 e. The Hall–Kier alpha value is -3.39. The standard InChI is InChI=1S/C24H28N4O4/c1-4-26(5-2)12-9-14-28-21(17-10-8-15-32-17)19(23(30)24(28)31)22(29)20-16(3)25-18-11-6-7-13-27(18)20/h6-8,10-11,13,15,21,29H,4-5,9,12,14H2,1-3H3/t21-/m1/s1. The lowest BCUT2D eigenvalue weighted by atomic mass is 10.0. The maximum atomic E-state index is 13.1. The van der Waals surface area contributed by atoms with E-state index in [0.717, 1.165) is 19.6 Å². The van der Waals surface area contributed by atoms with Gasteiger partial charge >= 0.3 is 0 Å². The molecule has 8 heteroatoms. The number of carbonyl (C=O) groups excluding carboxylic acids is 2. The van der Waals surface area contributed by atoms with Crippen LogP contribution in [0.4, 0.5) is 0 Å². The van der Waals surface area contributed by atoms with Gasteiger partial charge < -0.3 is 19.3 Å². The van der Waals surface area contributed by atoms with Crippen LogP contribution in [-0.2, 0) is 9.59 Å². The van der Waals surface area contributed by atoms with Crippen LogP contribution in [-0.4, -0.2) is 62.2 Å². The van der Waals surface area contributed by atoms with E-state index in [-0.39, 0.29) is 11.3 Å². The number of amides is 1. The number of furan rings is 1. The molecule has 0 saturated carbocycles. The lowest BCUT2D eigenvalue weighted by Gasteiger charge is -2.25. The summed E-state index contributed by atoms with van der Waals surface area (Å²) in [6.45, 7) is 9.00. The van der Waals surface area contributed by atoms with Gasteiger partial charge in [0.2, 0.25) is 0 Å². The lowest BCUT2D eigenvalue weighted by Crippen LogP contribution is -2.33. The van der Waals surface area contributed by atoms with Crippen LogP contribution in [0.15, 0.2) is 52.8 Å². The maximum absolute atomic E-state index is 13.1. The number of aromatic nitrogens is 2. The van der Waals surface area contributed by atoms with Crippen molar-refractivity contribution >= 4 is 23.1 Å². The fraction of sp³-hybridized carbons (Fsp3) is 0.375. The normalized spacial score (nSPS) is 18.4. The van der Waals surface area contributed by atoms with E-state index in [1.54, 1.807) is 29.7 Å². The van der Waals surface area contributed by atoms with Crippen molar-refractivity contribution in [3.05, 3.63) is 65.5 Å². The van der Waals surface area contributed by atoms with E-state index in [4.69, 9.17) is 4.42 Å². The Labute approximate surface area is 186 Å². The number of aliphatic hydroxyl groups is 1. The number of rotatable bonds is 8. The number of fused-ring (bicyclic) bond motifs is 1. The van der Waals surface area contributed by atoms with Crippen LogP contribution in [0.1, 0.15) is 43.5 Å². The Balaban J connectivity index is 1.77. The number of hydrogen-bond donors (Lipinski definition) is 1. The summed E-state index contributed by atoms with van der Waals surface area (Å²) in [7, 11) is 0. The molecule has 1 N–H and O–H groups in total. The van der Waals surface area contributed by atoms with Gasteiger partial charge in [-0.25, -0.2) is 4.98 Å². The average Bonchev–Trinajstić information content (AvgIpc) is 3.49. The van der Waals surface area contributed by atoms with Gasteiger partial charge in [-0.3, -0.25) is 14.0 Å². The molecule has 1 aliphatic heterocycles. The second-order valence-corrected chi connectivity index (χ2v) is 7.86. The Morgan fingerprint density at radius 3 is 2.66 bits per heavy atom. The minimum Gasteiger partial charge on any atom is -0.505 e. The molecule has 0 aliphatic carbocycles. The van der Waals surface area contributed by atoms with Gasteiger partial charge in [-0.05, 0) is 57.2 Å². The Morgan fingerprint density at radius 2 is 1.97 bits per heavy atom. The summed E-state index contributed by atoms with van der Waals surface area (Å²) in [4.78, 5) is 34.4. The monoisotopic (exact) mass is 436 g/mol. The first-order valence-corrected chi connectivity index (χ1v) is 11.0. The number of hydrogen-bond acceptors (Lipinski definition) is 6. The molecule has 1 atom stereocenters. The first-order chi connectivity index (χ1) is 15.5. The Kier molecular flexibility index (Phi) is 6.14. The van der Waals surface area contributed by atoms with Crippen LogP contribution >= 0.6 is 0 Å². The number of nitrogens with zero attached hydrogens (tertiary/aromatic N) is 4. The minimum absolute atomic E-state index is 0.0292. The van der Waals surface area contributed by atoms with Crippen LogP contribution in [0.2, 0.25) is 0 Å². The zero-order chi connectivity index (χ0) is 22.8. The highest BCUT2D eigenvalue weighted by molar-refractivity contribution is 6.46. The third-order valence-corrected chi connectivity index (χ3v) is 6.05. The number of Topliss-reactive ketones (excluding diaryl/α,β-unsaturated/α-hetero) is 1. The topological polar surface area (TPSA) is 91.3 Å². The molecular formula is C24H28N4O4. The molecule has 1 saturated heterocycles. The maximum Gasteiger partial charge on any atom is 0.295 e. The van der Waals surface area contributed by atoms with Gasteiger partial charge in [0.15, 0.2) is 5.76 Å². The minimum atomic E-state index is -0.782. The number of pyridine rings is 1. The van der Waals surface area contributed by atoms with Crippen molar-refractivity contribution in [3.8, 4) is 0 Å². The van der Waals surface area contributed by atoms with Crippen molar-refractivity contribution < 1.29 is 19.1 Å². The molecule has 0 spiro atoms. The van der Waals surface area contributed by atoms with E-state index in [1.807, 2.05) is 18.2 Å². The molecule has 0 bridgehead atoms. The van der Waals surface area contributed by atoms with Crippen molar-refractivity contribution in [2.45, 2.75) is 33.2 Å². The lowest BCUT2D eigenvalue weighted by molar-refractivity contribution is -0.140. The molecular weight excluding hydrogens is 408 g/mol. The fourth-order valence-electron chi connectivity index (χ4n) is 4.38. The first kappa shape index (κ1) is 21.8. The number of likely N-dealkylation sites (tertiary alicyclic amines) is 1. The summed E-state index contributed by atoms with van der Waals surface area (Å²) in [6, 6.07) is 8.15. The van der Waals surface area contributed by atoms with Gasteiger partial charge in [-0.15, -0.1) is 0 Å². The zero-order valence-electron chi connectivity index (χ0n) is 18.6. The van der Waals surface area contributed by atoms with Gasteiger partial charge in [-0.2, -0.15) is 0 Å². The van der Waals surface area contributed by atoms with E-state index in [2.05, 4.69) is 23.7 Å². The van der Waals surface area contributed by atoms with Crippen LogP contribution in [0.3, 0.4) is 0 Å². The van der Waals surface area contributed by atoms with Crippen LogP contribution in [0.25, 0.3) is 11.4 Å². The zero-order valence-corrected chi connectivity index (χ0v) is 18.6. The number of aliphatic hydroxyl groups excluding tert-OH is 1. The highest BCUT2D eigenvalue weighted by Crippen LogP contribution is 2.40. The molecule has 3 aromatic heterocycles. The molecule has 3 aromatic rings. The summed E-state index contributed by atoms with van der Waals surface area (Å²) in [5.74, 6) is -1.14. The predicted octanol–water partition coefficient (Wildman–Crippen LogP) is 3.39. The number of imidazole rings is 1. The van der Waals surface area contributed by atoms with Crippen molar-refractivity contribution in [2.75, 3.05) is 26.2 Å². The summed E-state index contributed by atoms with van der Waals surface area (Å²) < 4.78 is 7.33. The number of aryl methyl sites for hydroxylation is 1. The van der Waals surface area contributed by atoms with E-state index < -0.39 is 17.7 Å². The smallest absolute Gasteiger partial charge is 0.295 e. The molecule has 32 heavy (non-hydrogen) atoms. The SMILES string of the molecule is CCN(CC)CCCN1C(=O)C(=O)C(=C(O)c2c(C)nc3ccccn23)[C@H]1c1ccco1. The number of carbonyl (C=O) groups is 2. The molecule has 1 aliphatic rings. The third-order valence-electron chi connectivity index (χ3n) is 6.05. The summed E-state index contributed by atoms with van der Waals surface area (Å²) in [6.07, 6.45) is 3.98. The second-order valence-electron chi connectivity index (χ2n) is 7.86. The van der Waals surface area contributed by atoms with E-state index in [1.165, 1.54) is 11.2 Å². The van der Waals surface area contributed by atoms with Gasteiger partial charge in [0, 0.05) is 12.7 Å². The average molecular weight is 437 g/mol. The molecule has 0 unspecified atom stereocenters. The molecule has 1 fully saturated rings. The quantitative estimate of drug-likeness (QED) is 0.331. The molecule has 0 aromatic carbocycles. The summed E-state index contributed by atoms with van der Waals surface area (Å²) in [5, 5.41) is 11.3. The predicted molar refractivity (Wildman–Crippen MR) is 120 cm³/mol. The van der Waals surface area contributed by atoms with Crippen molar-refractivity contribution in [1.29, 1.82) is 0 Å². The molecule has 4 rings (SSSR count). The molecule has 8 nitrogen and oxygen atoms in total. The van der Waals surface area contributed by atoms with E-state index in [9.17, 15) is 14.7 Å².